The lowest BCUT2D eigenvalue weighted by atomic mass is 10.1. The maximum Gasteiger partial charge on any atom is 0.335 e. The number of nitrogens with one attached hydrogen (secondary N) is 1. The summed E-state index contributed by atoms with van der Waals surface area (Å²) < 4.78 is 0. The maximum atomic E-state index is 12.0. The van der Waals surface area contributed by atoms with Crippen LogP contribution in [-0.2, 0) is 4.79 Å². The Kier molecular flexibility index (Phi) is 4.49. The van der Waals surface area contributed by atoms with E-state index in [1.807, 2.05) is 16.8 Å². The lowest BCUT2D eigenvalue weighted by molar-refractivity contribution is -0.112. The van der Waals surface area contributed by atoms with Crippen LogP contribution in [0.1, 0.15) is 15.9 Å². The Labute approximate surface area is 124 Å². The van der Waals surface area contributed by atoms with Crippen molar-refractivity contribution in [3.63, 3.8) is 0 Å². The smallest absolute Gasteiger partial charge is 0.335 e. The third-order valence-electron chi connectivity index (χ3n) is 2.59. The van der Waals surface area contributed by atoms with Gasteiger partial charge in [0, 0.05) is 5.69 Å². The minimum atomic E-state index is -1.08. The highest BCUT2D eigenvalue weighted by Gasteiger charge is 2.11. The molecule has 1 aromatic carbocycles. The molecule has 0 aliphatic carbocycles. The molecule has 2 aromatic rings. The summed E-state index contributed by atoms with van der Waals surface area (Å²) in [6.07, 6.45) is 1.48. The van der Waals surface area contributed by atoms with Crippen LogP contribution in [0, 0.1) is 11.3 Å². The van der Waals surface area contributed by atoms with Gasteiger partial charge in [0.25, 0.3) is 5.91 Å². The van der Waals surface area contributed by atoms with Crippen LogP contribution >= 0.6 is 11.3 Å². The van der Waals surface area contributed by atoms with Gasteiger partial charge in [0.1, 0.15) is 11.6 Å². The molecular weight excluding hydrogens is 288 g/mol. The van der Waals surface area contributed by atoms with Gasteiger partial charge >= 0.3 is 5.97 Å². The lowest BCUT2D eigenvalue weighted by Crippen LogP contribution is -2.13. The van der Waals surface area contributed by atoms with E-state index >= 15 is 0 Å². The molecule has 0 saturated carbocycles. The summed E-state index contributed by atoms with van der Waals surface area (Å²) in [7, 11) is 0. The van der Waals surface area contributed by atoms with Crippen molar-refractivity contribution < 1.29 is 14.7 Å². The summed E-state index contributed by atoms with van der Waals surface area (Å²) in [5.41, 5.74) is 1.11. The highest BCUT2D eigenvalue weighted by Crippen LogP contribution is 2.14. The molecule has 0 spiro atoms. The number of carboxylic acids is 1. The summed E-state index contributed by atoms with van der Waals surface area (Å²) in [5.74, 6) is -1.66. The highest BCUT2D eigenvalue weighted by atomic mass is 32.1. The summed E-state index contributed by atoms with van der Waals surface area (Å²) >= 11 is 1.46. The molecule has 0 bridgehead atoms. The van der Waals surface area contributed by atoms with E-state index in [4.69, 9.17) is 10.4 Å². The van der Waals surface area contributed by atoms with Crippen LogP contribution in [0.25, 0.3) is 6.08 Å². The Bertz CT molecular complexity index is 743. The van der Waals surface area contributed by atoms with Crippen molar-refractivity contribution in [3.8, 4) is 6.07 Å². The number of hydrogen-bond donors (Lipinski definition) is 2. The van der Waals surface area contributed by atoms with E-state index < -0.39 is 11.9 Å². The minimum absolute atomic E-state index is 0.0471. The second kappa shape index (κ2) is 6.50. The van der Waals surface area contributed by atoms with Crippen molar-refractivity contribution in [1.82, 2.24) is 0 Å². The Morgan fingerprint density at radius 2 is 2.14 bits per heavy atom. The van der Waals surface area contributed by atoms with Crippen LogP contribution in [-0.4, -0.2) is 17.0 Å². The summed E-state index contributed by atoms with van der Waals surface area (Å²) in [6.45, 7) is 0. The second-order valence-electron chi connectivity index (χ2n) is 4.07. The molecule has 0 saturated heterocycles. The summed E-state index contributed by atoms with van der Waals surface area (Å²) in [5, 5.41) is 24.1. The number of nitrogens with zero attached hydrogens (tertiary/aromatic N) is 1. The first-order valence-electron chi connectivity index (χ1n) is 5.89. The molecule has 0 atom stereocenters. The van der Waals surface area contributed by atoms with Gasteiger partial charge in [-0.2, -0.15) is 16.6 Å². The number of carbonyl (C=O) groups excluding carboxylic acids is 1. The first-order chi connectivity index (χ1) is 10.1. The predicted molar refractivity (Wildman–Crippen MR) is 79.9 cm³/mol. The minimum Gasteiger partial charge on any atom is -0.478 e. The van der Waals surface area contributed by atoms with Crippen LogP contribution in [0.2, 0.25) is 0 Å². The van der Waals surface area contributed by atoms with Crippen molar-refractivity contribution in [2.75, 3.05) is 5.32 Å². The fraction of sp³-hybridized carbons (Fsp3) is 0. The number of amides is 1. The van der Waals surface area contributed by atoms with Gasteiger partial charge in [-0.25, -0.2) is 4.79 Å². The lowest BCUT2D eigenvalue weighted by Gasteiger charge is -2.05. The Balaban J connectivity index is 2.19. The number of hydrogen-bond acceptors (Lipinski definition) is 4. The summed E-state index contributed by atoms with van der Waals surface area (Å²) in [4.78, 5) is 22.9. The number of carboxylic acid groups (broad SMARTS) is 1. The molecule has 2 rings (SSSR count). The van der Waals surface area contributed by atoms with Gasteiger partial charge in [-0.05, 0) is 46.7 Å². The molecule has 0 aliphatic heterocycles. The molecule has 0 unspecified atom stereocenters. The average Bonchev–Trinajstić information content (AvgIpc) is 2.97. The largest absolute Gasteiger partial charge is 0.478 e. The van der Waals surface area contributed by atoms with E-state index in [1.54, 1.807) is 12.1 Å². The van der Waals surface area contributed by atoms with Crippen LogP contribution in [0.4, 0.5) is 5.69 Å². The van der Waals surface area contributed by atoms with E-state index in [1.165, 1.54) is 35.6 Å². The molecule has 0 fully saturated rings. The monoisotopic (exact) mass is 298 g/mol. The standard InChI is InChI=1S/C15H10N2O3S/c16-8-12(6-10-4-5-21-9-10)14(18)17-13-3-1-2-11(7-13)15(19)20/h1-7,9H,(H,17,18)(H,19,20)/b12-6-. The first kappa shape index (κ1) is 14.5. The van der Waals surface area contributed by atoms with Gasteiger partial charge < -0.3 is 10.4 Å². The van der Waals surface area contributed by atoms with Crippen molar-refractivity contribution in [2.45, 2.75) is 0 Å². The van der Waals surface area contributed by atoms with E-state index in [0.29, 0.717) is 5.69 Å². The van der Waals surface area contributed by atoms with Gasteiger partial charge in [-0.15, -0.1) is 0 Å². The number of aromatic carboxylic acids is 1. The molecule has 21 heavy (non-hydrogen) atoms. The maximum absolute atomic E-state index is 12.0. The number of benzene rings is 1. The van der Waals surface area contributed by atoms with Gasteiger partial charge in [-0.1, -0.05) is 6.07 Å². The van der Waals surface area contributed by atoms with Crippen LogP contribution < -0.4 is 5.32 Å². The van der Waals surface area contributed by atoms with Crippen molar-refractivity contribution in [2.24, 2.45) is 0 Å². The van der Waals surface area contributed by atoms with E-state index in [9.17, 15) is 9.59 Å². The van der Waals surface area contributed by atoms with Crippen LogP contribution in [0.3, 0.4) is 0 Å². The van der Waals surface area contributed by atoms with Crippen molar-refractivity contribution >= 4 is 35.0 Å². The third-order valence-corrected chi connectivity index (χ3v) is 3.29. The van der Waals surface area contributed by atoms with Gasteiger partial charge in [-0.3, -0.25) is 4.79 Å². The predicted octanol–water partition coefficient (Wildman–Crippen LogP) is 2.99. The quantitative estimate of drug-likeness (QED) is 0.670. The average molecular weight is 298 g/mol. The van der Waals surface area contributed by atoms with Gasteiger partial charge in [0.15, 0.2) is 0 Å². The van der Waals surface area contributed by atoms with E-state index in [2.05, 4.69) is 5.32 Å². The number of anilines is 1. The molecule has 2 N–H and O–H groups in total. The Hall–Kier alpha value is -2.91. The van der Waals surface area contributed by atoms with E-state index in [0.717, 1.165) is 5.56 Å². The van der Waals surface area contributed by atoms with Crippen molar-refractivity contribution in [3.05, 3.63) is 57.8 Å². The molecule has 1 aromatic heterocycles. The van der Waals surface area contributed by atoms with E-state index in [-0.39, 0.29) is 11.1 Å². The number of nitriles is 1. The molecule has 1 amide bonds. The molecule has 6 heteroatoms. The topological polar surface area (TPSA) is 90.2 Å². The zero-order chi connectivity index (χ0) is 15.2. The third kappa shape index (κ3) is 3.78. The number of rotatable bonds is 4. The number of carbonyl (C=O) groups is 2. The first-order valence-corrected chi connectivity index (χ1v) is 6.83. The SMILES string of the molecule is N#C/C(=C/c1ccsc1)C(=O)Nc1cccc(C(=O)O)c1. The molecule has 0 radical (unpaired) electrons. The fourth-order valence-corrected chi connectivity index (χ4v) is 2.22. The fourth-order valence-electron chi connectivity index (χ4n) is 1.60. The zero-order valence-electron chi connectivity index (χ0n) is 10.7. The second-order valence-corrected chi connectivity index (χ2v) is 4.85. The molecule has 5 nitrogen and oxygen atoms in total. The molecule has 0 aliphatic rings. The molecular formula is C15H10N2O3S. The van der Waals surface area contributed by atoms with Crippen LogP contribution in [0.5, 0.6) is 0 Å². The Morgan fingerprint density at radius 1 is 1.33 bits per heavy atom. The van der Waals surface area contributed by atoms with Crippen molar-refractivity contribution in [1.29, 1.82) is 5.26 Å². The normalized spacial score (nSPS) is 10.7. The summed E-state index contributed by atoms with van der Waals surface area (Å²) in [6, 6.07) is 9.46. The van der Waals surface area contributed by atoms with Gasteiger partial charge in [0.2, 0.25) is 0 Å². The zero-order valence-corrected chi connectivity index (χ0v) is 11.6. The molecule has 1 heterocycles. The molecule has 104 valence electrons. The van der Waals surface area contributed by atoms with Gasteiger partial charge in [0.05, 0.1) is 5.56 Å². The Morgan fingerprint density at radius 3 is 2.76 bits per heavy atom. The highest BCUT2D eigenvalue weighted by molar-refractivity contribution is 7.08. The number of thiophene rings is 1. The van der Waals surface area contributed by atoms with Crippen LogP contribution in [0.15, 0.2) is 46.7 Å².